The third-order valence-corrected chi connectivity index (χ3v) is 7.57. The summed E-state index contributed by atoms with van der Waals surface area (Å²) in [5.74, 6) is 0. The molecule has 0 heterocycles. The van der Waals surface area contributed by atoms with Crippen LogP contribution in [0.2, 0.25) is 10.0 Å². The van der Waals surface area contributed by atoms with E-state index in [1.165, 1.54) is 63.9 Å². The smallest absolute Gasteiger partial charge is 0.266 e. The van der Waals surface area contributed by atoms with E-state index < -0.39 is 10.1 Å². The maximum absolute atomic E-state index is 12.6. The molecule has 0 amide bonds. The second-order valence-electron chi connectivity index (χ2n) is 7.88. The van der Waals surface area contributed by atoms with E-state index in [2.05, 4.69) is 6.92 Å². The maximum atomic E-state index is 12.6. The van der Waals surface area contributed by atoms with Gasteiger partial charge >= 0.3 is 0 Å². The van der Waals surface area contributed by atoms with E-state index in [1.807, 2.05) is 12.1 Å². The predicted molar refractivity (Wildman–Crippen MR) is 128 cm³/mol. The van der Waals surface area contributed by atoms with Crippen LogP contribution in [0, 0.1) is 0 Å². The Morgan fingerprint density at radius 3 is 1.83 bits per heavy atom. The lowest BCUT2D eigenvalue weighted by Crippen LogP contribution is -2.08. The van der Waals surface area contributed by atoms with Crippen molar-refractivity contribution >= 4 is 44.1 Å². The number of rotatable bonds is 15. The lowest BCUT2D eigenvalue weighted by Gasteiger charge is -2.11. The number of unbranched alkanes of at least 4 members (excludes halogenated alkanes) is 11. The van der Waals surface area contributed by atoms with E-state index in [0.29, 0.717) is 10.4 Å². The van der Waals surface area contributed by atoms with Crippen LogP contribution in [0.25, 0.3) is 10.8 Å². The number of hydrogen-bond acceptors (Lipinski definition) is 3. The van der Waals surface area contributed by atoms with E-state index in [4.69, 9.17) is 27.4 Å². The van der Waals surface area contributed by atoms with Crippen molar-refractivity contribution in [2.45, 2.75) is 88.9 Å². The number of benzene rings is 2. The molecule has 0 radical (unpaired) electrons. The minimum absolute atomic E-state index is 0.0631. The van der Waals surface area contributed by atoms with Gasteiger partial charge in [-0.3, -0.25) is 4.18 Å². The molecule has 0 atom stereocenters. The summed E-state index contributed by atoms with van der Waals surface area (Å²) in [5, 5.41) is 1.84. The molecule has 0 N–H and O–H groups in total. The summed E-state index contributed by atoms with van der Waals surface area (Å²) < 4.78 is 30.4. The summed E-state index contributed by atoms with van der Waals surface area (Å²) >= 11 is 12.6. The molecule has 0 aliphatic carbocycles. The highest BCUT2D eigenvalue weighted by molar-refractivity contribution is 7.87. The van der Waals surface area contributed by atoms with Crippen LogP contribution in [0.5, 0.6) is 0 Å². The Morgan fingerprint density at radius 1 is 0.767 bits per heavy atom. The molecule has 0 aliphatic heterocycles. The van der Waals surface area contributed by atoms with Crippen LogP contribution in [0.4, 0.5) is 0 Å². The van der Waals surface area contributed by atoms with Gasteiger partial charge in [-0.2, -0.15) is 8.42 Å². The van der Waals surface area contributed by atoms with Gasteiger partial charge in [-0.15, -0.1) is 0 Å². The fraction of sp³-hybridized carbons (Fsp3) is 0.583. The Bertz CT molecular complexity index is 881. The fourth-order valence-electron chi connectivity index (χ4n) is 3.63. The molecule has 30 heavy (non-hydrogen) atoms. The Morgan fingerprint density at radius 2 is 1.27 bits per heavy atom. The topological polar surface area (TPSA) is 43.4 Å². The molecule has 2 rings (SSSR count). The van der Waals surface area contributed by atoms with E-state index in [1.54, 1.807) is 12.1 Å². The summed E-state index contributed by atoms with van der Waals surface area (Å²) in [7, 11) is -3.94. The molecule has 2 aromatic rings. The zero-order chi connectivity index (χ0) is 21.8. The molecule has 6 heteroatoms. The minimum Gasteiger partial charge on any atom is -0.266 e. The first-order valence-electron chi connectivity index (χ1n) is 11.2. The third-order valence-electron chi connectivity index (χ3n) is 5.40. The summed E-state index contributed by atoms with van der Waals surface area (Å²) in [4.78, 5) is -0.0631. The third kappa shape index (κ3) is 8.03. The Hall–Kier alpha value is -0.810. The first-order chi connectivity index (χ1) is 14.5. The van der Waals surface area contributed by atoms with Gasteiger partial charge in [0.15, 0.2) is 0 Å². The van der Waals surface area contributed by atoms with Crippen LogP contribution in [-0.2, 0) is 14.3 Å². The predicted octanol–water partition coefficient (Wildman–Crippen LogP) is 8.55. The summed E-state index contributed by atoms with van der Waals surface area (Å²) in [6, 6.07) is 8.59. The van der Waals surface area contributed by atoms with Crippen molar-refractivity contribution in [3.8, 4) is 0 Å². The summed E-state index contributed by atoms with van der Waals surface area (Å²) in [5.41, 5.74) is 0. The number of fused-ring (bicyclic) bond motifs is 1. The van der Waals surface area contributed by atoms with E-state index >= 15 is 0 Å². The van der Waals surface area contributed by atoms with E-state index in [-0.39, 0.29) is 16.5 Å². The zero-order valence-corrected chi connectivity index (χ0v) is 20.3. The van der Waals surface area contributed by atoms with Gasteiger partial charge in [-0.1, -0.05) is 125 Å². The Labute approximate surface area is 192 Å². The summed E-state index contributed by atoms with van der Waals surface area (Å²) in [6.45, 7) is 2.41. The van der Waals surface area contributed by atoms with Crippen LogP contribution in [-0.4, -0.2) is 15.0 Å². The van der Waals surface area contributed by atoms with Gasteiger partial charge in [-0.05, 0) is 12.5 Å². The first kappa shape index (κ1) is 25.5. The number of halogens is 2. The quantitative estimate of drug-likeness (QED) is 0.192. The molecular formula is C24H34Cl2O3S. The largest absolute Gasteiger partial charge is 0.298 e. The van der Waals surface area contributed by atoms with Gasteiger partial charge < -0.3 is 0 Å². The lowest BCUT2D eigenvalue weighted by molar-refractivity contribution is 0.306. The maximum Gasteiger partial charge on any atom is 0.298 e. The SMILES string of the molecule is CCCCCCCCCCCCCCOS(=O)(=O)c1cc(Cl)c2ccccc2c1Cl. The number of hydrogen-bond donors (Lipinski definition) is 0. The molecule has 3 nitrogen and oxygen atoms in total. The van der Waals surface area contributed by atoms with Gasteiger partial charge in [0.2, 0.25) is 0 Å². The normalized spacial score (nSPS) is 12.0. The van der Waals surface area contributed by atoms with Crippen LogP contribution in [0.1, 0.15) is 84.0 Å². The minimum atomic E-state index is -3.94. The molecule has 0 bridgehead atoms. The van der Waals surface area contributed by atoms with Crippen molar-refractivity contribution in [2.75, 3.05) is 6.61 Å². The van der Waals surface area contributed by atoms with Crippen LogP contribution in [0.15, 0.2) is 35.2 Å². The zero-order valence-electron chi connectivity index (χ0n) is 18.0. The molecule has 168 valence electrons. The van der Waals surface area contributed by atoms with Crippen molar-refractivity contribution in [3.63, 3.8) is 0 Å². The van der Waals surface area contributed by atoms with Crippen LogP contribution in [0.3, 0.4) is 0 Å². The van der Waals surface area contributed by atoms with Gasteiger partial charge in [-0.25, -0.2) is 0 Å². The molecule has 0 spiro atoms. The standard InChI is InChI=1S/C24H34Cl2O3S/c1-2-3-4-5-6-7-8-9-10-11-12-15-18-29-30(27,28)23-19-22(25)20-16-13-14-17-21(20)24(23)26/h13-14,16-17,19H,2-12,15,18H2,1H3. The van der Waals surface area contributed by atoms with Crippen molar-refractivity contribution in [3.05, 3.63) is 40.4 Å². The highest BCUT2D eigenvalue weighted by Crippen LogP contribution is 2.36. The Kier molecular flexibility index (Phi) is 11.5. The van der Waals surface area contributed by atoms with Crippen molar-refractivity contribution in [1.29, 1.82) is 0 Å². The molecule has 0 unspecified atom stereocenters. The molecule has 0 aliphatic rings. The molecule has 0 aromatic heterocycles. The second-order valence-corrected chi connectivity index (χ2v) is 10.3. The van der Waals surface area contributed by atoms with Crippen LogP contribution >= 0.6 is 23.2 Å². The second kappa shape index (κ2) is 13.6. The van der Waals surface area contributed by atoms with Crippen LogP contribution < -0.4 is 0 Å². The molecule has 0 saturated carbocycles. The first-order valence-corrected chi connectivity index (χ1v) is 13.4. The van der Waals surface area contributed by atoms with Gasteiger partial charge in [0.1, 0.15) is 4.90 Å². The van der Waals surface area contributed by atoms with Gasteiger partial charge in [0.25, 0.3) is 10.1 Å². The van der Waals surface area contributed by atoms with Crippen molar-refractivity contribution in [1.82, 2.24) is 0 Å². The molecule has 2 aromatic carbocycles. The average molecular weight is 474 g/mol. The molecular weight excluding hydrogens is 439 g/mol. The van der Waals surface area contributed by atoms with Crippen molar-refractivity contribution in [2.24, 2.45) is 0 Å². The van der Waals surface area contributed by atoms with Crippen molar-refractivity contribution < 1.29 is 12.6 Å². The Balaban J connectivity index is 1.67. The molecule has 0 fully saturated rings. The van der Waals surface area contributed by atoms with E-state index in [9.17, 15) is 8.42 Å². The monoisotopic (exact) mass is 472 g/mol. The summed E-state index contributed by atoms with van der Waals surface area (Å²) in [6.07, 6.45) is 14.7. The fourth-order valence-corrected chi connectivity index (χ4v) is 5.53. The van der Waals surface area contributed by atoms with E-state index in [0.717, 1.165) is 24.6 Å². The lowest BCUT2D eigenvalue weighted by atomic mass is 10.1. The highest BCUT2D eigenvalue weighted by Gasteiger charge is 2.22. The molecule has 0 saturated heterocycles. The average Bonchev–Trinajstić information content (AvgIpc) is 2.74. The highest BCUT2D eigenvalue weighted by atomic mass is 35.5. The van der Waals surface area contributed by atoms with Gasteiger partial charge in [0.05, 0.1) is 11.6 Å². The van der Waals surface area contributed by atoms with Gasteiger partial charge in [0, 0.05) is 15.8 Å².